The lowest BCUT2D eigenvalue weighted by molar-refractivity contribution is -0.140. The fourth-order valence-electron chi connectivity index (χ4n) is 5.32. The lowest BCUT2D eigenvalue weighted by Crippen LogP contribution is -2.54. The van der Waals surface area contributed by atoms with Crippen LogP contribution in [0, 0.1) is 29.6 Å². The summed E-state index contributed by atoms with van der Waals surface area (Å²) in [4.78, 5) is 28.1. The van der Waals surface area contributed by atoms with Gasteiger partial charge < -0.3 is 29.3 Å². The van der Waals surface area contributed by atoms with E-state index in [2.05, 4.69) is 88.2 Å². The minimum absolute atomic E-state index is 0.0146. The van der Waals surface area contributed by atoms with Crippen LogP contribution < -0.4 is 5.73 Å². The first-order chi connectivity index (χ1) is 20.8. The summed E-state index contributed by atoms with van der Waals surface area (Å²) in [6.07, 6.45) is 7.06. The van der Waals surface area contributed by atoms with Crippen LogP contribution in [0.2, 0.25) is 36.3 Å². The second-order valence-corrected chi connectivity index (χ2v) is 25.9. The van der Waals surface area contributed by atoms with E-state index < -0.39 is 40.9 Å². The molecule has 0 heterocycles. The number of aliphatic hydroxyl groups is 1. The molecule has 10 heteroatoms. The molecule has 0 aliphatic carbocycles. The number of hydrogen-bond acceptors (Lipinski definition) is 6. The summed E-state index contributed by atoms with van der Waals surface area (Å²) in [5, 5.41) is 9.36. The molecular formula is C36H70N2O6Si2. The van der Waals surface area contributed by atoms with Gasteiger partial charge in [0.05, 0.1) is 24.7 Å². The third-order valence-electron chi connectivity index (χ3n) is 10.3. The van der Waals surface area contributed by atoms with E-state index in [1.807, 2.05) is 46.0 Å². The van der Waals surface area contributed by atoms with Crippen molar-refractivity contribution >= 4 is 28.6 Å². The van der Waals surface area contributed by atoms with Crippen LogP contribution in [0.25, 0.3) is 0 Å². The highest BCUT2D eigenvalue weighted by Crippen LogP contribution is 2.41. The molecule has 0 fully saturated rings. The lowest BCUT2D eigenvalue weighted by atomic mass is 9.83. The van der Waals surface area contributed by atoms with Gasteiger partial charge in [0.1, 0.15) is 6.10 Å². The number of nitrogens with zero attached hydrogens (tertiary/aromatic N) is 1. The Morgan fingerprint density at radius 1 is 0.848 bits per heavy atom. The molecule has 268 valence electrons. The first kappa shape index (κ1) is 44.3. The number of primary amides is 1. The normalized spacial score (nSPS) is 18.8. The molecule has 0 rings (SSSR count). The van der Waals surface area contributed by atoms with Crippen molar-refractivity contribution < 1.29 is 28.3 Å². The SMILES string of the molecule is C=CC=C[C@H](C)C(OC(N)=O)C(C)C(O[Si](C)(C)C(C)(C)C)C(C)C(=O)N(C)C[C@H](C)[C@@H](O[Si](C)(C)C(C)(C)C)[C@@H](C)C=CCO. The predicted octanol–water partition coefficient (Wildman–Crippen LogP) is 8.16. The quantitative estimate of drug-likeness (QED) is 0.0858. The van der Waals surface area contributed by atoms with E-state index in [9.17, 15) is 14.7 Å². The second-order valence-electron chi connectivity index (χ2n) is 16.4. The van der Waals surface area contributed by atoms with Crippen molar-refractivity contribution in [2.75, 3.05) is 20.2 Å². The number of allylic oxidation sites excluding steroid dienone is 2. The third kappa shape index (κ3) is 13.1. The van der Waals surface area contributed by atoms with Crippen molar-refractivity contribution in [1.82, 2.24) is 4.90 Å². The van der Waals surface area contributed by atoms with Crippen LogP contribution >= 0.6 is 0 Å². The Labute approximate surface area is 284 Å². The molecule has 2 amide bonds. The van der Waals surface area contributed by atoms with Crippen molar-refractivity contribution in [3.63, 3.8) is 0 Å². The minimum Gasteiger partial charge on any atom is -0.445 e. The number of hydrogen-bond donors (Lipinski definition) is 2. The van der Waals surface area contributed by atoms with Gasteiger partial charge in [-0.15, -0.1) is 0 Å². The molecule has 0 aromatic heterocycles. The van der Waals surface area contributed by atoms with Crippen molar-refractivity contribution in [3.8, 4) is 0 Å². The first-order valence-electron chi connectivity index (χ1n) is 16.9. The van der Waals surface area contributed by atoms with Crippen molar-refractivity contribution in [2.45, 2.75) is 131 Å². The number of aliphatic hydroxyl groups excluding tert-OH is 1. The molecule has 8 nitrogen and oxygen atoms in total. The topological polar surface area (TPSA) is 111 Å². The van der Waals surface area contributed by atoms with E-state index in [1.54, 1.807) is 17.1 Å². The zero-order valence-electron chi connectivity index (χ0n) is 32.1. The summed E-state index contributed by atoms with van der Waals surface area (Å²) in [5.74, 6) is -1.03. The summed E-state index contributed by atoms with van der Waals surface area (Å²) >= 11 is 0. The Balaban J connectivity index is 6.59. The van der Waals surface area contributed by atoms with Crippen LogP contribution in [0.1, 0.15) is 76.2 Å². The monoisotopic (exact) mass is 682 g/mol. The van der Waals surface area contributed by atoms with E-state index in [0.717, 1.165) is 0 Å². The average Bonchev–Trinajstić information content (AvgIpc) is 2.92. The lowest BCUT2D eigenvalue weighted by Gasteiger charge is -2.45. The van der Waals surface area contributed by atoms with Gasteiger partial charge in [-0.1, -0.05) is 113 Å². The van der Waals surface area contributed by atoms with Crippen LogP contribution in [0.4, 0.5) is 4.79 Å². The standard InChI is InChI=1S/C36H70N2O6Si2/c1-18-19-21-26(3)31(42-34(37)41)28(5)32(44-46(16,17)36(10,11)12)29(6)33(40)38(13)24-27(4)30(25(2)22-20-23-39)43-45(14,15)35(7,8)9/h18-22,25-32,39H,1,23-24H2,2-17H3,(H2,37,41)/t25-,26-,27-,28?,29?,30-,31?,32?/m0/s1. The molecule has 0 aromatic carbocycles. The highest BCUT2D eigenvalue weighted by molar-refractivity contribution is 6.74. The first-order valence-corrected chi connectivity index (χ1v) is 22.7. The Kier molecular flexibility index (Phi) is 17.5. The van der Waals surface area contributed by atoms with Crippen molar-refractivity contribution in [1.29, 1.82) is 0 Å². The molecule has 46 heavy (non-hydrogen) atoms. The Morgan fingerprint density at radius 3 is 1.72 bits per heavy atom. The number of carbonyl (C=O) groups is 2. The summed E-state index contributed by atoms with van der Waals surface area (Å²) < 4.78 is 19.7. The number of amides is 2. The maximum absolute atomic E-state index is 14.3. The molecule has 0 aromatic rings. The largest absolute Gasteiger partial charge is 0.445 e. The zero-order chi connectivity index (χ0) is 36.4. The molecule has 0 spiro atoms. The number of rotatable bonds is 18. The molecule has 0 saturated heterocycles. The molecule has 8 atom stereocenters. The van der Waals surface area contributed by atoms with Gasteiger partial charge in [-0.25, -0.2) is 4.79 Å². The molecule has 4 unspecified atom stereocenters. The molecule has 0 aliphatic heterocycles. The minimum atomic E-state index is -2.36. The maximum atomic E-state index is 14.3. The zero-order valence-corrected chi connectivity index (χ0v) is 34.1. The molecule has 3 N–H and O–H groups in total. The highest BCUT2D eigenvalue weighted by Gasteiger charge is 2.46. The fraction of sp³-hybridized carbons (Fsp3) is 0.778. The van der Waals surface area contributed by atoms with Gasteiger partial charge >= 0.3 is 6.09 Å². The Morgan fingerprint density at radius 2 is 1.30 bits per heavy atom. The predicted molar refractivity (Wildman–Crippen MR) is 198 cm³/mol. The molecule has 0 bridgehead atoms. The van der Waals surface area contributed by atoms with Gasteiger partial charge in [-0.2, -0.15) is 0 Å². The van der Waals surface area contributed by atoms with Gasteiger partial charge in [0.25, 0.3) is 0 Å². The summed E-state index contributed by atoms with van der Waals surface area (Å²) in [6, 6.07) is 0. The summed E-state index contributed by atoms with van der Waals surface area (Å²) in [5.41, 5.74) is 5.55. The van der Waals surface area contributed by atoms with Gasteiger partial charge in [0.15, 0.2) is 16.6 Å². The molecule has 0 aliphatic rings. The number of nitrogens with two attached hydrogens (primary N) is 1. The smallest absolute Gasteiger partial charge is 0.404 e. The van der Waals surface area contributed by atoms with E-state index in [0.29, 0.717) is 6.54 Å². The average molecular weight is 683 g/mol. The highest BCUT2D eigenvalue weighted by atomic mass is 28.4. The van der Waals surface area contributed by atoms with Gasteiger partial charge in [0.2, 0.25) is 5.91 Å². The summed E-state index contributed by atoms with van der Waals surface area (Å²) in [6.45, 7) is 36.3. The van der Waals surface area contributed by atoms with Gasteiger partial charge in [-0.3, -0.25) is 4.79 Å². The Hall–Kier alpha value is -1.73. The van der Waals surface area contributed by atoms with Gasteiger partial charge in [-0.05, 0) is 48.1 Å². The van der Waals surface area contributed by atoms with Crippen LogP contribution in [0.3, 0.4) is 0 Å². The third-order valence-corrected chi connectivity index (χ3v) is 19.2. The maximum Gasteiger partial charge on any atom is 0.404 e. The molecular weight excluding hydrogens is 613 g/mol. The van der Waals surface area contributed by atoms with Crippen LogP contribution in [-0.4, -0.2) is 77.2 Å². The van der Waals surface area contributed by atoms with E-state index in [4.69, 9.17) is 19.3 Å². The van der Waals surface area contributed by atoms with Crippen molar-refractivity contribution in [3.05, 3.63) is 37.0 Å². The number of carbonyl (C=O) groups excluding carboxylic acids is 2. The van der Waals surface area contributed by atoms with E-state index in [1.165, 1.54) is 0 Å². The second kappa shape index (κ2) is 18.2. The molecule has 0 radical (unpaired) electrons. The van der Waals surface area contributed by atoms with E-state index in [-0.39, 0.29) is 52.4 Å². The summed E-state index contributed by atoms with van der Waals surface area (Å²) in [7, 11) is -2.66. The van der Waals surface area contributed by atoms with E-state index >= 15 is 0 Å². The molecule has 0 saturated carbocycles. The van der Waals surface area contributed by atoms with Crippen LogP contribution in [-0.2, 0) is 18.4 Å². The Bertz CT molecular complexity index is 1030. The fourth-order valence-corrected chi connectivity index (χ4v) is 8.25. The van der Waals surface area contributed by atoms with Crippen molar-refractivity contribution in [2.24, 2.45) is 35.3 Å². The number of ether oxygens (including phenoxy) is 1. The van der Waals surface area contributed by atoms with Crippen LogP contribution in [0.5, 0.6) is 0 Å². The van der Waals surface area contributed by atoms with Gasteiger partial charge in [0, 0.05) is 25.4 Å². The van der Waals surface area contributed by atoms with Crippen LogP contribution in [0.15, 0.2) is 37.0 Å².